The quantitative estimate of drug-likeness (QED) is 0.348. The van der Waals surface area contributed by atoms with Gasteiger partial charge in [-0.05, 0) is 30.7 Å². The molecule has 26 heavy (non-hydrogen) atoms. The Balaban J connectivity index is 2.52. The number of phenols is 1. The SMILES string of the molecule is CCCc1c(C#N)ccc(N=C(N)N(C#N)c2cccc(Cl)c2Cl)c1O. The van der Waals surface area contributed by atoms with Gasteiger partial charge < -0.3 is 10.8 Å². The minimum Gasteiger partial charge on any atom is -0.505 e. The molecule has 0 fully saturated rings. The van der Waals surface area contributed by atoms with Crippen LogP contribution >= 0.6 is 23.2 Å². The first-order chi connectivity index (χ1) is 12.4. The van der Waals surface area contributed by atoms with Crippen molar-refractivity contribution < 1.29 is 5.11 Å². The summed E-state index contributed by atoms with van der Waals surface area (Å²) in [5, 5.41) is 29.5. The molecule has 0 heterocycles. The van der Waals surface area contributed by atoms with E-state index in [-0.39, 0.29) is 33.1 Å². The Labute approximate surface area is 161 Å². The van der Waals surface area contributed by atoms with Gasteiger partial charge in [-0.25, -0.2) is 9.89 Å². The zero-order valence-electron chi connectivity index (χ0n) is 13.9. The van der Waals surface area contributed by atoms with Crippen molar-refractivity contribution in [1.29, 1.82) is 10.5 Å². The molecule has 0 aromatic heterocycles. The van der Waals surface area contributed by atoms with E-state index < -0.39 is 0 Å². The molecule has 2 aromatic rings. The predicted octanol–water partition coefficient (Wildman–Crippen LogP) is 4.46. The number of aromatic hydroxyl groups is 1. The molecule has 2 rings (SSSR count). The van der Waals surface area contributed by atoms with Crippen LogP contribution in [-0.2, 0) is 6.42 Å². The maximum atomic E-state index is 10.4. The Morgan fingerprint density at radius 3 is 2.62 bits per heavy atom. The van der Waals surface area contributed by atoms with Gasteiger partial charge in [0.15, 0.2) is 6.19 Å². The lowest BCUT2D eigenvalue weighted by atomic mass is 10.0. The lowest BCUT2D eigenvalue weighted by Gasteiger charge is -2.17. The molecule has 0 amide bonds. The molecule has 2 aromatic carbocycles. The summed E-state index contributed by atoms with van der Waals surface area (Å²) in [4.78, 5) is 5.14. The Hall–Kier alpha value is -2.93. The van der Waals surface area contributed by atoms with Gasteiger partial charge in [-0.15, -0.1) is 0 Å². The molecule has 0 aliphatic rings. The molecule has 0 aliphatic heterocycles. The van der Waals surface area contributed by atoms with Crippen LogP contribution in [0.5, 0.6) is 5.75 Å². The van der Waals surface area contributed by atoms with E-state index in [4.69, 9.17) is 28.9 Å². The van der Waals surface area contributed by atoms with E-state index in [1.165, 1.54) is 6.07 Å². The molecule has 3 N–H and O–H groups in total. The highest BCUT2D eigenvalue weighted by Crippen LogP contribution is 2.35. The van der Waals surface area contributed by atoms with Crippen LogP contribution in [0.4, 0.5) is 11.4 Å². The van der Waals surface area contributed by atoms with Gasteiger partial charge in [-0.1, -0.05) is 42.6 Å². The van der Waals surface area contributed by atoms with E-state index >= 15 is 0 Å². The molecule has 0 spiro atoms. The Morgan fingerprint density at radius 1 is 1.27 bits per heavy atom. The van der Waals surface area contributed by atoms with Crippen LogP contribution in [0.3, 0.4) is 0 Å². The van der Waals surface area contributed by atoms with E-state index in [0.717, 1.165) is 11.3 Å². The largest absolute Gasteiger partial charge is 0.505 e. The van der Waals surface area contributed by atoms with Gasteiger partial charge >= 0.3 is 0 Å². The fourth-order valence-corrected chi connectivity index (χ4v) is 2.77. The van der Waals surface area contributed by atoms with Crippen molar-refractivity contribution in [3.05, 3.63) is 51.5 Å². The van der Waals surface area contributed by atoms with Crippen LogP contribution in [0, 0.1) is 22.8 Å². The number of benzene rings is 2. The molecule has 0 radical (unpaired) electrons. The number of nitrogens with zero attached hydrogens (tertiary/aromatic N) is 4. The highest BCUT2D eigenvalue weighted by atomic mass is 35.5. The maximum absolute atomic E-state index is 10.4. The number of phenolic OH excluding ortho intramolecular Hbond substituents is 1. The van der Waals surface area contributed by atoms with E-state index in [9.17, 15) is 15.6 Å². The van der Waals surface area contributed by atoms with Crippen molar-refractivity contribution in [2.24, 2.45) is 10.7 Å². The highest BCUT2D eigenvalue weighted by molar-refractivity contribution is 6.44. The molecular weight excluding hydrogens is 373 g/mol. The van der Waals surface area contributed by atoms with Gasteiger partial charge in [0.1, 0.15) is 11.4 Å². The molecule has 6 nitrogen and oxygen atoms in total. The summed E-state index contributed by atoms with van der Waals surface area (Å²) < 4.78 is 0. The van der Waals surface area contributed by atoms with Crippen molar-refractivity contribution in [3.63, 3.8) is 0 Å². The lowest BCUT2D eigenvalue weighted by Crippen LogP contribution is -2.33. The van der Waals surface area contributed by atoms with Crippen molar-refractivity contribution in [2.75, 3.05) is 4.90 Å². The monoisotopic (exact) mass is 387 g/mol. The first kappa shape index (κ1) is 19.4. The average molecular weight is 388 g/mol. The lowest BCUT2D eigenvalue weighted by molar-refractivity contribution is 0.469. The summed E-state index contributed by atoms with van der Waals surface area (Å²) in [6, 6.07) is 9.84. The number of nitrogens with two attached hydrogens (primary N) is 1. The third-order valence-electron chi connectivity index (χ3n) is 3.62. The molecule has 132 valence electrons. The zero-order chi connectivity index (χ0) is 19.3. The first-order valence-electron chi connectivity index (χ1n) is 7.67. The summed E-state index contributed by atoms with van der Waals surface area (Å²) in [5.41, 5.74) is 7.24. The number of rotatable bonds is 4. The normalized spacial score (nSPS) is 10.9. The van der Waals surface area contributed by atoms with Crippen LogP contribution in [0.2, 0.25) is 10.0 Å². The van der Waals surface area contributed by atoms with Gasteiger partial charge in [-0.3, -0.25) is 0 Å². The molecule has 0 atom stereocenters. The summed E-state index contributed by atoms with van der Waals surface area (Å²) in [6.45, 7) is 1.93. The highest BCUT2D eigenvalue weighted by Gasteiger charge is 2.18. The van der Waals surface area contributed by atoms with Crippen LogP contribution < -0.4 is 10.6 Å². The molecule has 0 bridgehead atoms. The smallest absolute Gasteiger partial charge is 0.215 e. The number of hydrogen-bond donors (Lipinski definition) is 2. The number of nitriles is 2. The fourth-order valence-electron chi connectivity index (χ4n) is 2.39. The van der Waals surface area contributed by atoms with Gasteiger partial charge in [0, 0.05) is 5.56 Å². The second-order valence-electron chi connectivity index (χ2n) is 5.30. The molecular formula is C18H15Cl2N5O. The number of halogens is 2. The summed E-state index contributed by atoms with van der Waals surface area (Å²) in [7, 11) is 0. The third kappa shape index (κ3) is 3.83. The minimum atomic E-state index is -0.195. The van der Waals surface area contributed by atoms with Crippen molar-refractivity contribution >= 4 is 40.5 Å². The predicted molar refractivity (Wildman–Crippen MR) is 103 cm³/mol. The molecule has 0 aliphatic carbocycles. The molecule has 8 heteroatoms. The van der Waals surface area contributed by atoms with Crippen molar-refractivity contribution in [3.8, 4) is 18.0 Å². The number of anilines is 1. The number of hydrogen-bond acceptors (Lipinski definition) is 4. The maximum Gasteiger partial charge on any atom is 0.215 e. The van der Waals surface area contributed by atoms with Crippen LogP contribution in [0.1, 0.15) is 24.5 Å². The third-order valence-corrected chi connectivity index (χ3v) is 4.43. The molecule has 0 saturated carbocycles. The first-order valence-corrected chi connectivity index (χ1v) is 8.43. The second kappa shape index (κ2) is 8.44. The van der Waals surface area contributed by atoms with Gasteiger partial charge in [0.25, 0.3) is 0 Å². The minimum absolute atomic E-state index is 0.135. The Morgan fingerprint density at radius 2 is 2.00 bits per heavy atom. The van der Waals surface area contributed by atoms with Crippen molar-refractivity contribution in [1.82, 2.24) is 0 Å². The van der Waals surface area contributed by atoms with E-state index in [1.807, 2.05) is 19.2 Å². The van der Waals surface area contributed by atoms with Gasteiger partial charge in [0.05, 0.1) is 27.4 Å². The topological polar surface area (TPSA) is 109 Å². The average Bonchev–Trinajstić information content (AvgIpc) is 2.63. The van der Waals surface area contributed by atoms with Crippen LogP contribution in [0.25, 0.3) is 0 Å². The summed E-state index contributed by atoms with van der Waals surface area (Å²) >= 11 is 12.1. The van der Waals surface area contributed by atoms with Gasteiger partial charge in [-0.2, -0.15) is 10.5 Å². The van der Waals surface area contributed by atoms with Crippen LogP contribution in [-0.4, -0.2) is 11.1 Å². The molecule has 0 saturated heterocycles. The summed E-state index contributed by atoms with van der Waals surface area (Å²) in [5.74, 6) is -0.331. The number of guanidine groups is 1. The zero-order valence-corrected chi connectivity index (χ0v) is 15.4. The van der Waals surface area contributed by atoms with E-state index in [2.05, 4.69) is 4.99 Å². The molecule has 0 unspecified atom stereocenters. The van der Waals surface area contributed by atoms with E-state index in [0.29, 0.717) is 17.5 Å². The van der Waals surface area contributed by atoms with Crippen molar-refractivity contribution in [2.45, 2.75) is 19.8 Å². The fraction of sp³-hybridized carbons (Fsp3) is 0.167. The Kier molecular flexibility index (Phi) is 6.30. The standard InChI is InChI=1S/C18H15Cl2N5O/c1-2-4-12-11(9-21)7-8-14(17(12)26)24-18(23)25(10-22)15-6-3-5-13(19)16(15)20/h3,5-8,26H,2,4H2,1H3,(H2,23,24). The number of aliphatic imine (C=N–C) groups is 1. The van der Waals surface area contributed by atoms with Crippen LogP contribution in [0.15, 0.2) is 35.3 Å². The Bertz CT molecular complexity index is 944. The summed E-state index contributed by atoms with van der Waals surface area (Å²) in [6.07, 6.45) is 3.15. The van der Waals surface area contributed by atoms with E-state index in [1.54, 1.807) is 24.3 Å². The van der Waals surface area contributed by atoms with Gasteiger partial charge in [0.2, 0.25) is 5.96 Å². The second-order valence-corrected chi connectivity index (χ2v) is 6.08.